The molecule has 2 aromatic rings. The van der Waals surface area contributed by atoms with E-state index in [2.05, 4.69) is 11.0 Å². The summed E-state index contributed by atoms with van der Waals surface area (Å²) in [6, 6.07) is 21.9. The van der Waals surface area contributed by atoms with Crippen molar-refractivity contribution in [2.45, 2.75) is 6.54 Å². The van der Waals surface area contributed by atoms with E-state index in [1.54, 1.807) is 11.1 Å². The van der Waals surface area contributed by atoms with E-state index >= 15 is 0 Å². The van der Waals surface area contributed by atoms with Crippen LogP contribution in [-0.2, 0) is 11.3 Å². The summed E-state index contributed by atoms with van der Waals surface area (Å²) in [7, 11) is 0. The normalized spacial score (nSPS) is 15.0. The van der Waals surface area contributed by atoms with Gasteiger partial charge in [0.15, 0.2) is 0 Å². The van der Waals surface area contributed by atoms with Crippen molar-refractivity contribution in [2.24, 2.45) is 5.73 Å². The van der Waals surface area contributed by atoms with Gasteiger partial charge in [-0.25, -0.2) is 0 Å². The highest BCUT2D eigenvalue weighted by Gasteiger charge is 2.24. The molecule has 0 aromatic heterocycles. The van der Waals surface area contributed by atoms with Crippen LogP contribution in [0.3, 0.4) is 0 Å². The first-order chi connectivity index (χ1) is 14.2. The summed E-state index contributed by atoms with van der Waals surface area (Å²) in [5.74, 6) is -0.214. The number of carbonyl (C=O) groups excluding carboxylic acids is 1. The first-order valence-electron chi connectivity index (χ1n) is 9.90. The Labute approximate surface area is 172 Å². The lowest BCUT2D eigenvalue weighted by Gasteiger charge is -2.34. The third kappa shape index (κ3) is 5.67. The third-order valence-corrected chi connectivity index (χ3v) is 5.02. The van der Waals surface area contributed by atoms with Crippen molar-refractivity contribution in [3.63, 3.8) is 0 Å². The zero-order valence-corrected chi connectivity index (χ0v) is 16.6. The minimum atomic E-state index is -0.214. The summed E-state index contributed by atoms with van der Waals surface area (Å²) in [5, 5.41) is 9.71. The van der Waals surface area contributed by atoms with Gasteiger partial charge in [0.25, 0.3) is 5.91 Å². The summed E-state index contributed by atoms with van der Waals surface area (Å²) >= 11 is 0. The van der Waals surface area contributed by atoms with Crippen LogP contribution in [0.1, 0.15) is 5.56 Å². The molecule has 2 aromatic carbocycles. The molecule has 0 spiro atoms. The summed E-state index contributed by atoms with van der Waals surface area (Å²) in [6.07, 6.45) is 1.68. The molecular formula is C23H27N5O. The number of para-hydroxylation sites is 1. The number of piperazine rings is 1. The van der Waals surface area contributed by atoms with Crippen molar-refractivity contribution >= 4 is 11.6 Å². The zero-order chi connectivity index (χ0) is 20.5. The van der Waals surface area contributed by atoms with E-state index in [0.29, 0.717) is 26.2 Å². The molecule has 1 aliphatic rings. The van der Waals surface area contributed by atoms with Gasteiger partial charge in [0.1, 0.15) is 11.6 Å². The van der Waals surface area contributed by atoms with Crippen LogP contribution >= 0.6 is 0 Å². The number of carbonyl (C=O) groups is 1. The number of benzene rings is 2. The number of hydrogen-bond acceptors (Lipinski definition) is 5. The van der Waals surface area contributed by atoms with Crippen molar-refractivity contribution in [3.05, 3.63) is 78.0 Å². The molecule has 6 heteroatoms. The zero-order valence-electron chi connectivity index (χ0n) is 16.6. The van der Waals surface area contributed by atoms with Crippen LogP contribution in [-0.4, -0.2) is 55.0 Å². The second-order valence-corrected chi connectivity index (χ2v) is 7.03. The minimum absolute atomic E-state index is 0.150. The number of anilines is 1. The second-order valence-electron chi connectivity index (χ2n) is 7.03. The number of nitrogens with two attached hydrogens (primary N) is 1. The standard InChI is InChI=1S/C23H27N5O/c24-11-12-26-13-15-27(16-14-26)23(29)21(17-25)19-28(22-9-5-2-6-10-22)18-20-7-3-1-4-8-20/h1-10,19H,11-16,18,24H2/b21-19-. The smallest absolute Gasteiger partial charge is 0.266 e. The summed E-state index contributed by atoms with van der Waals surface area (Å²) in [4.78, 5) is 18.9. The van der Waals surface area contributed by atoms with E-state index in [-0.39, 0.29) is 11.5 Å². The van der Waals surface area contributed by atoms with Crippen LogP contribution in [0.4, 0.5) is 5.69 Å². The second kappa shape index (κ2) is 10.4. The van der Waals surface area contributed by atoms with Gasteiger partial charge in [0.2, 0.25) is 0 Å². The molecule has 1 aliphatic heterocycles. The maximum Gasteiger partial charge on any atom is 0.266 e. The Morgan fingerprint density at radius 2 is 1.66 bits per heavy atom. The number of nitriles is 1. The lowest BCUT2D eigenvalue weighted by Crippen LogP contribution is -2.50. The van der Waals surface area contributed by atoms with Gasteiger partial charge in [-0.15, -0.1) is 0 Å². The first kappa shape index (κ1) is 20.6. The molecule has 0 bridgehead atoms. The third-order valence-electron chi connectivity index (χ3n) is 5.02. The van der Waals surface area contributed by atoms with Gasteiger partial charge in [-0.2, -0.15) is 5.26 Å². The average Bonchev–Trinajstić information content (AvgIpc) is 2.78. The van der Waals surface area contributed by atoms with Crippen LogP contribution in [0.5, 0.6) is 0 Å². The fourth-order valence-electron chi connectivity index (χ4n) is 3.43. The monoisotopic (exact) mass is 389 g/mol. The minimum Gasteiger partial charge on any atom is -0.342 e. The van der Waals surface area contributed by atoms with Crippen molar-refractivity contribution in [1.29, 1.82) is 5.26 Å². The van der Waals surface area contributed by atoms with Crippen LogP contribution in [0, 0.1) is 11.3 Å². The molecule has 1 heterocycles. The molecule has 29 heavy (non-hydrogen) atoms. The largest absolute Gasteiger partial charge is 0.342 e. The molecule has 0 saturated carbocycles. The Hall–Kier alpha value is -3.14. The van der Waals surface area contributed by atoms with Gasteiger partial charge < -0.3 is 15.5 Å². The van der Waals surface area contributed by atoms with Gasteiger partial charge in [0.05, 0.1) is 0 Å². The molecule has 6 nitrogen and oxygen atoms in total. The molecule has 0 atom stereocenters. The van der Waals surface area contributed by atoms with Crippen molar-refractivity contribution in [1.82, 2.24) is 9.80 Å². The lowest BCUT2D eigenvalue weighted by molar-refractivity contribution is -0.128. The van der Waals surface area contributed by atoms with Crippen molar-refractivity contribution in [3.8, 4) is 6.07 Å². The summed E-state index contributed by atoms with van der Waals surface area (Å²) < 4.78 is 0. The Balaban J connectivity index is 1.79. The van der Waals surface area contributed by atoms with Gasteiger partial charge in [-0.1, -0.05) is 48.5 Å². The predicted molar refractivity (Wildman–Crippen MR) is 115 cm³/mol. The molecule has 0 unspecified atom stereocenters. The van der Waals surface area contributed by atoms with E-state index in [1.807, 2.05) is 65.6 Å². The predicted octanol–water partition coefficient (Wildman–Crippen LogP) is 2.20. The Bertz CT molecular complexity index is 852. The number of hydrogen-bond donors (Lipinski definition) is 1. The van der Waals surface area contributed by atoms with Crippen molar-refractivity contribution < 1.29 is 4.79 Å². The van der Waals surface area contributed by atoms with Crippen LogP contribution < -0.4 is 10.6 Å². The molecule has 0 radical (unpaired) electrons. The quantitative estimate of drug-likeness (QED) is 0.580. The fraction of sp³-hybridized carbons (Fsp3) is 0.304. The SMILES string of the molecule is N#C/C(=C/N(Cc1ccccc1)c1ccccc1)C(=O)N1CCN(CCN)CC1. The molecule has 0 aliphatic carbocycles. The Kier molecular flexibility index (Phi) is 7.40. The average molecular weight is 390 g/mol. The topological polar surface area (TPSA) is 76.6 Å². The maximum atomic E-state index is 13.0. The molecule has 150 valence electrons. The van der Waals surface area contributed by atoms with Gasteiger partial charge in [0, 0.05) is 57.7 Å². The highest BCUT2D eigenvalue weighted by molar-refractivity contribution is 5.97. The van der Waals surface area contributed by atoms with Crippen LogP contribution in [0.25, 0.3) is 0 Å². The van der Waals surface area contributed by atoms with Crippen molar-refractivity contribution in [2.75, 3.05) is 44.2 Å². The van der Waals surface area contributed by atoms with E-state index in [1.165, 1.54) is 0 Å². The van der Waals surface area contributed by atoms with E-state index < -0.39 is 0 Å². The highest BCUT2D eigenvalue weighted by atomic mass is 16.2. The van der Waals surface area contributed by atoms with E-state index in [0.717, 1.165) is 30.9 Å². The summed E-state index contributed by atoms with van der Waals surface area (Å²) in [6.45, 7) is 4.82. The Morgan fingerprint density at radius 1 is 1.03 bits per heavy atom. The van der Waals surface area contributed by atoms with E-state index in [4.69, 9.17) is 5.73 Å². The molecule has 3 rings (SSSR count). The van der Waals surface area contributed by atoms with Crippen LogP contribution in [0.15, 0.2) is 72.4 Å². The lowest BCUT2D eigenvalue weighted by atomic mass is 10.1. The number of nitrogens with zero attached hydrogens (tertiary/aromatic N) is 4. The van der Waals surface area contributed by atoms with Crippen LogP contribution in [0.2, 0.25) is 0 Å². The molecule has 1 amide bonds. The Morgan fingerprint density at radius 3 is 2.24 bits per heavy atom. The molecule has 1 fully saturated rings. The summed E-state index contributed by atoms with van der Waals surface area (Å²) in [5.41, 5.74) is 7.81. The fourth-order valence-corrected chi connectivity index (χ4v) is 3.43. The highest BCUT2D eigenvalue weighted by Crippen LogP contribution is 2.19. The van der Waals surface area contributed by atoms with E-state index in [9.17, 15) is 10.1 Å². The maximum absolute atomic E-state index is 13.0. The molecule has 1 saturated heterocycles. The number of amides is 1. The first-order valence-corrected chi connectivity index (χ1v) is 9.90. The van der Waals surface area contributed by atoms with Gasteiger partial charge >= 0.3 is 0 Å². The van der Waals surface area contributed by atoms with Gasteiger partial charge in [-0.3, -0.25) is 9.69 Å². The van der Waals surface area contributed by atoms with Gasteiger partial charge in [-0.05, 0) is 17.7 Å². The molecule has 2 N–H and O–H groups in total. The number of rotatable bonds is 7. The molecular weight excluding hydrogens is 362 g/mol.